The Morgan fingerprint density at radius 3 is 2.32 bits per heavy atom. The molecular formula is C14H26N4O. The Kier molecular flexibility index (Phi) is 5.11. The lowest BCUT2D eigenvalue weighted by Crippen LogP contribution is -2.35. The number of aromatic nitrogens is 2. The van der Waals surface area contributed by atoms with Gasteiger partial charge in [0.15, 0.2) is 0 Å². The highest BCUT2D eigenvalue weighted by molar-refractivity contribution is 5.55. The number of nitrogens with one attached hydrogen (secondary N) is 1. The molecule has 0 spiro atoms. The van der Waals surface area contributed by atoms with Gasteiger partial charge in [-0.1, -0.05) is 27.7 Å². The van der Waals surface area contributed by atoms with Crippen LogP contribution < -0.4 is 11.1 Å². The monoisotopic (exact) mass is 266 g/mol. The smallest absolute Gasteiger partial charge is 0.135 e. The van der Waals surface area contributed by atoms with Gasteiger partial charge in [0.05, 0.1) is 5.60 Å². The van der Waals surface area contributed by atoms with Crippen molar-refractivity contribution in [2.75, 3.05) is 17.6 Å². The molecule has 0 saturated heterocycles. The Morgan fingerprint density at radius 2 is 1.84 bits per heavy atom. The van der Waals surface area contributed by atoms with E-state index < -0.39 is 5.60 Å². The molecule has 0 aliphatic carbocycles. The van der Waals surface area contributed by atoms with Crippen LogP contribution in [0.3, 0.4) is 0 Å². The van der Waals surface area contributed by atoms with Crippen molar-refractivity contribution in [2.45, 2.75) is 59.0 Å². The maximum atomic E-state index is 10.3. The summed E-state index contributed by atoms with van der Waals surface area (Å²) < 4.78 is 0. The third kappa shape index (κ3) is 3.80. The van der Waals surface area contributed by atoms with Crippen LogP contribution in [0.1, 0.15) is 57.8 Å². The fraction of sp³-hybridized carbons (Fsp3) is 0.714. The number of nitrogens with two attached hydrogens (primary N) is 1. The first-order valence-corrected chi connectivity index (χ1v) is 6.93. The molecule has 1 rings (SSSR count). The largest absolute Gasteiger partial charge is 0.388 e. The van der Waals surface area contributed by atoms with E-state index in [4.69, 9.17) is 5.73 Å². The number of rotatable bonds is 6. The highest BCUT2D eigenvalue weighted by Gasteiger charge is 2.22. The maximum absolute atomic E-state index is 10.3. The molecule has 1 aromatic heterocycles. The molecule has 5 heteroatoms. The lowest BCUT2D eigenvalue weighted by molar-refractivity contribution is 0.0456. The molecule has 0 saturated carbocycles. The fourth-order valence-corrected chi connectivity index (χ4v) is 1.73. The summed E-state index contributed by atoms with van der Waals surface area (Å²) in [5.41, 5.74) is 6.04. The molecule has 1 aromatic rings. The summed E-state index contributed by atoms with van der Waals surface area (Å²) in [6.45, 7) is 10.4. The Hall–Kier alpha value is -1.36. The van der Waals surface area contributed by atoms with Gasteiger partial charge in [-0.15, -0.1) is 0 Å². The van der Waals surface area contributed by atoms with Crippen molar-refractivity contribution < 1.29 is 5.11 Å². The lowest BCUT2D eigenvalue weighted by Gasteiger charge is -2.26. The molecule has 1 heterocycles. The minimum absolute atomic E-state index is 0.222. The Morgan fingerprint density at radius 1 is 1.26 bits per heavy atom. The number of hydrogen-bond acceptors (Lipinski definition) is 5. The number of anilines is 2. The molecular weight excluding hydrogens is 240 g/mol. The SMILES string of the molecule is CCC(O)(CC)CNc1nc(C(C)C)nc(N)c1C. The van der Waals surface area contributed by atoms with Gasteiger partial charge >= 0.3 is 0 Å². The summed E-state index contributed by atoms with van der Waals surface area (Å²) in [6, 6.07) is 0. The predicted octanol–water partition coefficient (Wildman–Crippen LogP) is 2.45. The van der Waals surface area contributed by atoms with E-state index >= 15 is 0 Å². The zero-order chi connectivity index (χ0) is 14.6. The first kappa shape index (κ1) is 15.7. The van der Waals surface area contributed by atoms with Crippen LogP contribution >= 0.6 is 0 Å². The van der Waals surface area contributed by atoms with Crippen LogP contribution in [0.15, 0.2) is 0 Å². The van der Waals surface area contributed by atoms with E-state index in [1.165, 1.54) is 0 Å². The third-order valence-electron chi connectivity index (χ3n) is 3.62. The molecule has 0 amide bonds. The van der Waals surface area contributed by atoms with Gasteiger partial charge in [0.25, 0.3) is 0 Å². The van der Waals surface area contributed by atoms with Gasteiger partial charge in [-0.2, -0.15) is 0 Å². The van der Waals surface area contributed by atoms with E-state index in [0.29, 0.717) is 25.2 Å². The summed E-state index contributed by atoms with van der Waals surface area (Å²) in [5, 5.41) is 13.5. The normalized spacial score (nSPS) is 11.9. The van der Waals surface area contributed by atoms with E-state index in [2.05, 4.69) is 15.3 Å². The second kappa shape index (κ2) is 6.19. The van der Waals surface area contributed by atoms with Crippen molar-refractivity contribution in [2.24, 2.45) is 0 Å². The van der Waals surface area contributed by atoms with Crippen LogP contribution in [0.25, 0.3) is 0 Å². The van der Waals surface area contributed by atoms with E-state index in [1.54, 1.807) is 0 Å². The number of nitrogen functional groups attached to an aromatic ring is 1. The van der Waals surface area contributed by atoms with Gasteiger partial charge in [0.2, 0.25) is 0 Å². The number of hydrogen-bond donors (Lipinski definition) is 3. The molecule has 108 valence electrons. The number of aliphatic hydroxyl groups is 1. The summed E-state index contributed by atoms with van der Waals surface area (Å²) in [4.78, 5) is 8.77. The van der Waals surface area contributed by atoms with Crippen molar-refractivity contribution in [3.8, 4) is 0 Å². The Bertz CT molecular complexity index is 428. The van der Waals surface area contributed by atoms with Gasteiger partial charge in [0.1, 0.15) is 17.5 Å². The molecule has 0 aliphatic heterocycles. The van der Waals surface area contributed by atoms with Crippen LogP contribution in [-0.4, -0.2) is 27.2 Å². The standard InChI is InChI=1S/C14H26N4O/c1-6-14(19,7-2)8-16-13-10(5)11(15)17-12(18-13)9(3)4/h9,19H,6-8H2,1-5H3,(H3,15,16,17,18). The second-order valence-electron chi connectivity index (χ2n) is 5.38. The average Bonchev–Trinajstić information content (AvgIpc) is 2.39. The molecule has 5 nitrogen and oxygen atoms in total. The van der Waals surface area contributed by atoms with Crippen LogP contribution in [0, 0.1) is 6.92 Å². The van der Waals surface area contributed by atoms with Gasteiger partial charge in [-0.25, -0.2) is 9.97 Å². The molecule has 4 N–H and O–H groups in total. The van der Waals surface area contributed by atoms with E-state index in [-0.39, 0.29) is 5.92 Å². The van der Waals surface area contributed by atoms with E-state index in [0.717, 1.165) is 17.2 Å². The zero-order valence-electron chi connectivity index (χ0n) is 12.6. The first-order chi connectivity index (χ1) is 8.83. The fourth-order valence-electron chi connectivity index (χ4n) is 1.73. The summed E-state index contributed by atoms with van der Waals surface area (Å²) >= 11 is 0. The number of nitrogens with zero attached hydrogens (tertiary/aromatic N) is 2. The molecule has 0 radical (unpaired) electrons. The molecule has 0 unspecified atom stereocenters. The average molecular weight is 266 g/mol. The lowest BCUT2D eigenvalue weighted by atomic mass is 9.97. The van der Waals surface area contributed by atoms with Crippen molar-refractivity contribution >= 4 is 11.6 Å². The second-order valence-corrected chi connectivity index (χ2v) is 5.38. The van der Waals surface area contributed by atoms with Crippen LogP contribution in [0.2, 0.25) is 0 Å². The molecule has 0 aromatic carbocycles. The Balaban J connectivity index is 2.94. The van der Waals surface area contributed by atoms with Gasteiger partial charge < -0.3 is 16.2 Å². The van der Waals surface area contributed by atoms with Crippen LogP contribution in [0.4, 0.5) is 11.6 Å². The van der Waals surface area contributed by atoms with Gasteiger partial charge in [-0.05, 0) is 19.8 Å². The van der Waals surface area contributed by atoms with Crippen LogP contribution in [-0.2, 0) is 0 Å². The van der Waals surface area contributed by atoms with Gasteiger partial charge in [0, 0.05) is 18.0 Å². The maximum Gasteiger partial charge on any atom is 0.135 e. The topological polar surface area (TPSA) is 84.1 Å². The van der Waals surface area contributed by atoms with Gasteiger partial charge in [-0.3, -0.25) is 0 Å². The molecule has 0 bridgehead atoms. The van der Waals surface area contributed by atoms with Crippen molar-refractivity contribution in [1.29, 1.82) is 0 Å². The zero-order valence-corrected chi connectivity index (χ0v) is 12.6. The molecule has 0 fully saturated rings. The quantitative estimate of drug-likeness (QED) is 0.736. The minimum Gasteiger partial charge on any atom is -0.388 e. The van der Waals surface area contributed by atoms with Crippen LogP contribution in [0.5, 0.6) is 0 Å². The van der Waals surface area contributed by atoms with Crippen molar-refractivity contribution in [3.63, 3.8) is 0 Å². The summed E-state index contributed by atoms with van der Waals surface area (Å²) in [5.74, 6) is 2.16. The predicted molar refractivity (Wildman–Crippen MR) is 79.3 cm³/mol. The molecule has 0 atom stereocenters. The van der Waals surface area contributed by atoms with Crippen molar-refractivity contribution in [3.05, 3.63) is 11.4 Å². The molecule has 19 heavy (non-hydrogen) atoms. The highest BCUT2D eigenvalue weighted by atomic mass is 16.3. The Labute approximate surface area is 115 Å². The highest BCUT2D eigenvalue weighted by Crippen LogP contribution is 2.22. The first-order valence-electron chi connectivity index (χ1n) is 6.93. The third-order valence-corrected chi connectivity index (χ3v) is 3.62. The molecule has 0 aliphatic rings. The van der Waals surface area contributed by atoms with Crippen molar-refractivity contribution in [1.82, 2.24) is 9.97 Å². The summed E-state index contributed by atoms with van der Waals surface area (Å²) in [6.07, 6.45) is 1.40. The van der Waals surface area contributed by atoms with E-state index in [1.807, 2.05) is 34.6 Å². The summed E-state index contributed by atoms with van der Waals surface area (Å²) in [7, 11) is 0. The minimum atomic E-state index is -0.704. The van der Waals surface area contributed by atoms with E-state index in [9.17, 15) is 5.11 Å².